The molecule has 5 nitrogen and oxygen atoms in total. The summed E-state index contributed by atoms with van der Waals surface area (Å²) in [6.45, 7) is 3.76. The smallest absolute Gasteiger partial charge is 0.319 e. The van der Waals surface area contributed by atoms with Crippen LogP contribution >= 0.6 is 11.3 Å². The van der Waals surface area contributed by atoms with Gasteiger partial charge in [0, 0.05) is 22.8 Å². The fourth-order valence-corrected chi connectivity index (χ4v) is 2.90. The van der Waals surface area contributed by atoms with Crippen molar-refractivity contribution in [1.82, 2.24) is 10.3 Å². The van der Waals surface area contributed by atoms with E-state index in [1.165, 1.54) is 0 Å². The molecule has 0 bridgehead atoms. The van der Waals surface area contributed by atoms with Gasteiger partial charge < -0.3 is 15.7 Å². The zero-order valence-corrected chi connectivity index (χ0v) is 13.6. The standard InChI is InChI=1S/C16H21N3O2S/c1-3-7-16(2,11-20)19-15(21)18-13-6-4-5-12(10-13)14-17-8-9-22-14/h4-6,8-10,20H,3,7,11H2,1-2H3,(H2,18,19,21). The minimum atomic E-state index is -0.605. The lowest BCUT2D eigenvalue weighted by Gasteiger charge is -2.28. The Morgan fingerprint density at radius 1 is 1.45 bits per heavy atom. The Kier molecular flexibility index (Phi) is 5.51. The number of benzene rings is 1. The molecule has 22 heavy (non-hydrogen) atoms. The van der Waals surface area contributed by atoms with Gasteiger partial charge in [-0.1, -0.05) is 25.5 Å². The van der Waals surface area contributed by atoms with E-state index >= 15 is 0 Å². The first-order chi connectivity index (χ1) is 10.6. The largest absolute Gasteiger partial charge is 0.394 e. The van der Waals surface area contributed by atoms with Crippen molar-refractivity contribution in [3.05, 3.63) is 35.8 Å². The zero-order chi connectivity index (χ0) is 16.0. The van der Waals surface area contributed by atoms with E-state index in [1.54, 1.807) is 17.5 Å². The first-order valence-electron chi connectivity index (χ1n) is 7.26. The van der Waals surface area contributed by atoms with E-state index in [1.807, 2.05) is 43.5 Å². The minimum absolute atomic E-state index is 0.0899. The van der Waals surface area contributed by atoms with Crippen molar-refractivity contribution in [2.24, 2.45) is 0 Å². The molecule has 2 rings (SSSR count). The fourth-order valence-electron chi connectivity index (χ4n) is 2.27. The van der Waals surface area contributed by atoms with E-state index in [-0.39, 0.29) is 12.6 Å². The molecule has 1 aromatic heterocycles. The molecule has 0 saturated heterocycles. The van der Waals surface area contributed by atoms with Crippen LogP contribution in [-0.4, -0.2) is 28.3 Å². The van der Waals surface area contributed by atoms with Crippen LogP contribution in [0.1, 0.15) is 26.7 Å². The highest BCUT2D eigenvalue weighted by Gasteiger charge is 2.24. The molecule has 0 aliphatic heterocycles. The maximum absolute atomic E-state index is 12.1. The number of anilines is 1. The molecule has 1 heterocycles. The molecule has 0 fully saturated rings. The first kappa shape index (κ1) is 16.5. The number of urea groups is 1. The molecule has 1 unspecified atom stereocenters. The summed E-state index contributed by atoms with van der Waals surface area (Å²) < 4.78 is 0. The lowest BCUT2D eigenvalue weighted by atomic mass is 9.98. The third kappa shape index (κ3) is 4.29. The molecule has 118 valence electrons. The van der Waals surface area contributed by atoms with Crippen molar-refractivity contribution in [3.63, 3.8) is 0 Å². The van der Waals surface area contributed by atoms with E-state index in [0.717, 1.165) is 23.4 Å². The number of thiazole rings is 1. The number of carbonyl (C=O) groups excluding carboxylic acids is 1. The van der Waals surface area contributed by atoms with Crippen LogP contribution < -0.4 is 10.6 Å². The molecular weight excluding hydrogens is 298 g/mol. The van der Waals surface area contributed by atoms with Crippen LogP contribution in [0.2, 0.25) is 0 Å². The minimum Gasteiger partial charge on any atom is -0.394 e. The van der Waals surface area contributed by atoms with E-state index < -0.39 is 5.54 Å². The summed E-state index contributed by atoms with van der Waals surface area (Å²) in [6.07, 6.45) is 3.36. The van der Waals surface area contributed by atoms with Crippen LogP contribution in [0, 0.1) is 0 Å². The third-order valence-electron chi connectivity index (χ3n) is 3.37. The van der Waals surface area contributed by atoms with Gasteiger partial charge in [-0.25, -0.2) is 9.78 Å². The number of amides is 2. The molecular formula is C16H21N3O2S. The van der Waals surface area contributed by atoms with Crippen LogP contribution in [-0.2, 0) is 0 Å². The third-order valence-corrected chi connectivity index (χ3v) is 4.19. The van der Waals surface area contributed by atoms with Crippen LogP contribution in [0.25, 0.3) is 10.6 Å². The number of aliphatic hydroxyl groups excluding tert-OH is 1. The predicted molar refractivity (Wildman–Crippen MR) is 90.1 cm³/mol. The van der Waals surface area contributed by atoms with Gasteiger partial charge in [-0.05, 0) is 25.5 Å². The number of aromatic nitrogens is 1. The molecule has 6 heteroatoms. The lowest BCUT2D eigenvalue weighted by Crippen LogP contribution is -2.50. The van der Waals surface area contributed by atoms with Gasteiger partial charge in [-0.2, -0.15) is 0 Å². The van der Waals surface area contributed by atoms with Gasteiger partial charge in [0.2, 0.25) is 0 Å². The summed E-state index contributed by atoms with van der Waals surface area (Å²) in [7, 11) is 0. The Balaban J connectivity index is 2.04. The number of rotatable bonds is 6. The van der Waals surface area contributed by atoms with Crippen LogP contribution in [0.15, 0.2) is 35.8 Å². The van der Waals surface area contributed by atoms with Crippen molar-refractivity contribution in [3.8, 4) is 10.6 Å². The van der Waals surface area contributed by atoms with E-state index in [0.29, 0.717) is 5.69 Å². The maximum Gasteiger partial charge on any atom is 0.319 e. The van der Waals surface area contributed by atoms with Gasteiger partial charge in [-0.15, -0.1) is 11.3 Å². The van der Waals surface area contributed by atoms with E-state index in [4.69, 9.17) is 0 Å². The number of aliphatic hydroxyl groups is 1. The second-order valence-electron chi connectivity index (χ2n) is 5.47. The molecule has 0 aliphatic rings. The number of nitrogens with one attached hydrogen (secondary N) is 2. The average molecular weight is 319 g/mol. The van der Waals surface area contributed by atoms with Gasteiger partial charge in [0.25, 0.3) is 0 Å². The maximum atomic E-state index is 12.1. The Labute approximate surface area is 134 Å². The number of hydrogen-bond donors (Lipinski definition) is 3. The predicted octanol–water partition coefficient (Wildman–Crippen LogP) is 3.48. The van der Waals surface area contributed by atoms with E-state index in [9.17, 15) is 9.90 Å². The fraction of sp³-hybridized carbons (Fsp3) is 0.375. The molecule has 2 amide bonds. The first-order valence-corrected chi connectivity index (χ1v) is 8.14. The van der Waals surface area contributed by atoms with Gasteiger partial charge in [0.1, 0.15) is 5.01 Å². The normalized spacial score (nSPS) is 13.4. The molecule has 0 saturated carbocycles. The summed E-state index contributed by atoms with van der Waals surface area (Å²) in [5.74, 6) is 0. The lowest BCUT2D eigenvalue weighted by molar-refractivity contribution is 0.167. The molecule has 0 radical (unpaired) electrons. The molecule has 1 atom stereocenters. The molecule has 0 spiro atoms. The van der Waals surface area contributed by atoms with Gasteiger partial charge >= 0.3 is 6.03 Å². The SMILES string of the molecule is CCCC(C)(CO)NC(=O)Nc1cccc(-c2nccs2)c1. The Morgan fingerprint density at radius 2 is 2.27 bits per heavy atom. The van der Waals surface area contributed by atoms with Gasteiger partial charge in [0.15, 0.2) is 0 Å². The molecule has 3 N–H and O–H groups in total. The second kappa shape index (κ2) is 7.38. The summed E-state index contributed by atoms with van der Waals surface area (Å²) in [4.78, 5) is 16.4. The highest BCUT2D eigenvalue weighted by Crippen LogP contribution is 2.24. The van der Waals surface area contributed by atoms with Crippen molar-refractivity contribution in [1.29, 1.82) is 0 Å². The van der Waals surface area contributed by atoms with Crippen molar-refractivity contribution >= 4 is 23.1 Å². The summed E-state index contributed by atoms with van der Waals surface area (Å²) in [6, 6.07) is 7.23. The summed E-state index contributed by atoms with van der Waals surface area (Å²) in [5, 5.41) is 17.9. The number of hydrogen-bond acceptors (Lipinski definition) is 4. The van der Waals surface area contributed by atoms with E-state index in [2.05, 4.69) is 15.6 Å². The number of carbonyl (C=O) groups is 1. The zero-order valence-electron chi connectivity index (χ0n) is 12.8. The number of nitrogens with zero attached hydrogens (tertiary/aromatic N) is 1. The van der Waals surface area contributed by atoms with Crippen molar-refractivity contribution in [2.45, 2.75) is 32.2 Å². The topological polar surface area (TPSA) is 74.2 Å². The quantitative estimate of drug-likeness (QED) is 0.763. The summed E-state index contributed by atoms with van der Waals surface area (Å²) in [5.41, 5.74) is 1.06. The van der Waals surface area contributed by atoms with Gasteiger partial charge in [0.05, 0.1) is 12.1 Å². The van der Waals surface area contributed by atoms with Crippen LogP contribution in [0.3, 0.4) is 0 Å². The highest BCUT2D eigenvalue weighted by molar-refractivity contribution is 7.13. The van der Waals surface area contributed by atoms with Crippen LogP contribution in [0.5, 0.6) is 0 Å². The van der Waals surface area contributed by atoms with Crippen molar-refractivity contribution in [2.75, 3.05) is 11.9 Å². The second-order valence-corrected chi connectivity index (χ2v) is 6.36. The Hall–Kier alpha value is -1.92. The summed E-state index contributed by atoms with van der Waals surface area (Å²) >= 11 is 1.55. The monoisotopic (exact) mass is 319 g/mol. The highest BCUT2D eigenvalue weighted by atomic mass is 32.1. The molecule has 1 aromatic carbocycles. The van der Waals surface area contributed by atoms with Crippen molar-refractivity contribution < 1.29 is 9.90 Å². The molecule has 2 aromatic rings. The average Bonchev–Trinajstić information content (AvgIpc) is 3.02. The van der Waals surface area contributed by atoms with Crippen LogP contribution in [0.4, 0.5) is 10.5 Å². The molecule has 0 aliphatic carbocycles. The Bertz CT molecular complexity index is 616. The van der Waals surface area contributed by atoms with Gasteiger partial charge in [-0.3, -0.25) is 0 Å². The Morgan fingerprint density at radius 3 is 2.91 bits per heavy atom.